The molecule has 0 spiro atoms. The van der Waals surface area contributed by atoms with Gasteiger partial charge in [-0.3, -0.25) is 4.79 Å². The number of rotatable bonds is 6. The molecule has 0 fully saturated rings. The first-order valence-electron chi connectivity index (χ1n) is 6.20. The van der Waals surface area contributed by atoms with Gasteiger partial charge in [0.25, 0.3) is 0 Å². The second kappa shape index (κ2) is 6.68. The van der Waals surface area contributed by atoms with E-state index in [0.29, 0.717) is 12.1 Å². The van der Waals surface area contributed by atoms with Gasteiger partial charge in [-0.25, -0.2) is 12.7 Å². The minimum absolute atomic E-state index is 0.0509. The number of anilines is 1. The number of hydrogen-bond acceptors (Lipinski definition) is 3. The first-order chi connectivity index (χ1) is 8.87. The van der Waals surface area contributed by atoms with E-state index in [-0.39, 0.29) is 10.8 Å². The van der Waals surface area contributed by atoms with Gasteiger partial charge in [0, 0.05) is 26.2 Å². The van der Waals surface area contributed by atoms with E-state index in [2.05, 4.69) is 5.32 Å². The Hall–Kier alpha value is -1.40. The van der Waals surface area contributed by atoms with Gasteiger partial charge in [-0.15, -0.1) is 0 Å². The van der Waals surface area contributed by atoms with Crippen molar-refractivity contribution in [3.8, 4) is 0 Å². The molecule has 1 aromatic rings. The van der Waals surface area contributed by atoms with E-state index in [4.69, 9.17) is 0 Å². The fourth-order valence-corrected chi connectivity index (χ4v) is 2.38. The van der Waals surface area contributed by atoms with Gasteiger partial charge in [0.15, 0.2) is 0 Å². The predicted molar refractivity (Wildman–Crippen MR) is 75.5 cm³/mol. The van der Waals surface area contributed by atoms with Crippen LogP contribution in [-0.4, -0.2) is 32.7 Å². The number of nitrogens with one attached hydrogen (secondary N) is 1. The summed E-state index contributed by atoms with van der Waals surface area (Å²) in [7, 11) is -0.452. The van der Waals surface area contributed by atoms with E-state index < -0.39 is 10.0 Å². The average Bonchev–Trinajstić information content (AvgIpc) is 2.36. The lowest BCUT2D eigenvalue weighted by atomic mass is 10.2. The molecule has 1 N–H and O–H groups in total. The summed E-state index contributed by atoms with van der Waals surface area (Å²) in [5.41, 5.74) is 0.610. The Labute approximate surface area is 114 Å². The van der Waals surface area contributed by atoms with Crippen LogP contribution >= 0.6 is 0 Å². The maximum absolute atomic E-state index is 11.8. The number of hydrogen-bond donors (Lipinski definition) is 1. The molecule has 19 heavy (non-hydrogen) atoms. The second-order valence-corrected chi connectivity index (χ2v) is 6.62. The zero-order valence-electron chi connectivity index (χ0n) is 11.5. The van der Waals surface area contributed by atoms with E-state index >= 15 is 0 Å². The third-order valence-corrected chi connectivity index (χ3v) is 4.50. The molecule has 1 rings (SSSR count). The summed E-state index contributed by atoms with van der Waals surface area (Å²) in [5.74, 6) is -0.0509. The van der Waals surface area contributed by atoms with Gasteiger partial charge < -0.3 is 5.32 Å². The molecule has 0 aliphatic rings. The van der Waals surface area contributed by atoms with Crippen molar-refractivity contribution in [2.24, 2.45) is 0 Å². The fraction of sp³-hybridized carbons (Fsp3) is 0.462. The number of amides is 1. The van der Waals surface area contributed by atoms with Gasteiger partial charge in [0.2, 0.25) is 15.9 Å². The molecular weight excluding hydrogens is 264 g/mol. The maximum atomic E-state index is 11.8. The van der Waals surface area contributed by atoms with Crippen LogP contribution in [0.25, 0.3) is 0 Å². The molecule has 6 heteroatoms. The lowest BCUT2D eigenvalue weighted by molar-refractivity contribution is -0.116. The number of benzene rings is 1. The Bertz CT molecular complexity index is 521. The van der Waals surface area contributed by atoms with Crippen molar-refractivity contribution < 1.29 is 13.2 Å². The van der Waals surface area contributed by atoms with Crippen LogP contribution in [0, 0.1) is 0 Å². The van der Waals surface area contributed by atoms with Crippen molar-refractivity contribution in [2.75, 3.05) is 19.4 Å². The summed E-state index contributed by atoms with van der Waals surface area (Å²) < 4.78 is 24.8. The first kappa shape index (κ1) is 15.7. The summed E-state index contributed by atoms with van der Waals surface area (Å²) in [6.07, 6.45) is 2.29. The Morgan fingerprint density at radius 1 is 1.21 bits per heavy atom. The standard InChI is InChI=1S/C13H20N2O3S/c1-4-5-6-13(16)14-11-7-9-12(10-8-11)19(17,18)15(2)3/h7-10H,4-6H2,1-3H3,(H,14,16). The van der Waals surface area contributed by atoms with Crippen molar-refractivity contribution in [3.05, 3.63) is 24.3 Å². The molecule has 5 nitrogen and oxygen atoms in total. The third kappa shape index (κ3) is 4.33. The summed E-state index contributed by atoms with van der Waals surface area (Å²) in [4.78, 5) is 11.7. The van der Waals surface area contributed by atoms with Gasteiger partial charge in [-0.2, -0.15) is 0 Å². The van der Waals surface area contributed by atoms with Crippen LogP contribution in [0.1, 0.15) is 26.2 Å². The minimum atomic E-state index is -3.42. The first-order valence-corrected chi connectivity index (χ1v) is 7.64. The molecule has 0 bridgehead atoms. The highest BCUT2D eigenvalue weighted by molar-refractivity contribution is 7.89. The van der Waals surface area contributed by atoms with Crippen molar-refractivity contribution in [2.45, 2.75) is 31.1 Å². The van der Waals surface area contributed by atoms with E-state index in [0.717, 1.165) is 17.1 Å². The maximum Gasteiger partial charge on any atom is 0.242 e. The Morgan fingerprint density at radius 3 is 2.26 bits per heavy atom. The number of nitrogens with zero attached hydrogens (tertiary/aromatic N) is 1. The molecule has 0 aliphatic heterocycles. The van der Waals surface area contributed by atoms with E-state index in [1.807, 2.05) is 6.92 Å². The van der Waals surface area contributed by atoms with Gasteiger partial charge in [-0.05, 0) is 30.7 Å². The molecule has 1 aromatic carbocycles. The van der Waals surface area contributed by atoms with Gasteiger partial charge in [0.05, 0.1) is 4.90 Å². The number of carbonyl (C=O) groups is 1. The molecule has 0 aliphatic carbocycles. The van der Waals surface area contributed by atoms with Crippen LogP contribution in [0.5, 0.6) is 0 Å². The average molecular weight is 284 g/mol. The molecule has 0 aromatic heterocycles. The summed E-state index contributed by atoms with van der Waals surface area (Å²) >= 11 is 0. The molecule has 0 saturated heterocycles. The molecule has 1 amide bonds. The van der Waals surface area contributed by atoms with Crippen molar-refractivity contribution >= 4 is 21.6 Å². The van der Waals surface area contributed by atoms with Gasteiger partial charge in [-0.1, -0.05) is 13.3 Å². The van der Waals surface area contributed by atoms with Gasteiger partial charge >= 0.3 is 0 Å². The zero-order chi connectivity index (χ0) is 14.5. The molecular formula is C13H20N2O3S. The van der Waals surface area contributed by atoms with E-state index in [1.165, 1.54) is 26.2 Å². The highest BCUT2D eigenvalue weighted by Gasteiger charge is 2.16. The van der Waals surface area contributed by atoms with Crippen molar-refractivity contribution in [1.29, 1.82) is 0 Å². The largest absolute Gasteiger partial charge is 0.326 e. The summed E-state index contributed by atoms with van der Waals surface area (Å²) in [6, 6.07) is 6.18. The Kier molecular flexibility index (Phi) is 5.50. The molecule has 0 saturated carbocycles. The number of sulfonamides is 1. The van der Waals surface area contributed by atoms with Crippen LogP contribution < -0.4 is 5.32 Å². The van der Waals surface area contributed by atoms with Gasteiger partial charge in [0.1, 0.15) is 0 Å². The fourth-order valence-electron chi connectivity index (χ4n) is 1.48. The summed E-state index contributed by atoms with van der Waals surface area (Å²) in [6.45, 7) is 2.02. The molecule has 106 valence electrons. The lowest BCUT2D eigenvalue weighted by Crippen LogP contribution is -2.22. The molecule has 0 unspecified atom stereocenters. The van der Waals surface area contributed by atoms with Crippen LogP contribution in [0.3, 0.4) is 0 Å². The van der Waals surface area contributed by atoms with Crippen LogP contribution in [-0.2, 0) is 14.8 Å². The van der Waals surface area contributed by atoms with Crippen molar-refractivity contribution in [1.82, 2.24) is 4.31 Å². The van der Waals surface area contributed by atoms with Crippen LogP contribution in [0.15, 0.2) is 29.2 Å². The Balaban J connectivity index is 2.75. The highest BCUT2D eigenvalue weighted by atomic mass is 32.2. The highest BCUT2D eigenvalue weighted by Crippen LogP contribution is 2.16. The monoisotopic (exact) mass is 284 g/mol. The summed E-state index contributed by atoms with van der Waals surface area (Å²) in [5, 5.41) is 2.74. The lowest BCUT2D eigenvalue weighted by Gasteiger charge is -2.12. The molecule has 0 atom stereocenters. The van der Waals surface area contributed by atoms with E-state index in [9.17, 15) is 13.2 Å². The SMILES string of the molecule is CCCCC(=O)Nc1ccc(S(=O)(=O)N(C)C)cc1. The predicted octanol–water partition coefficient (Wildman–Crippen LogP) is 2.07. The molecule has 0 radical (unpaired) electrons. The number of carbonyl (C=O) groups excluding carboxylic acids is 1. The number of unbranched alkanes of at least 4 members (excludes halogenated alkanes) is 1. The van der Waals surface area contributed by atoms with Crippen LogP contribution in [0.2, 0.25) is 0 Å². The topological polar surface area (TPSA) is 66.5 Å². The third-order valence-electron chi connectivity index (χ3n) is 2.67. The van der Waals surface area contributed by atoms with E-state index in [1.54, 1.807) is 12.1 Å². The smallest absolute Gasteiger partial charge is 0.242 e. The van der Waals surface area contributed by atoms with Crippen LogP contribution in [0.4, 0.5) is 5.69 Å². The van der Waals surface area contributed by atoms with Crippen molar-refractivity contribution in [3.63, 3.8) is 0 Å². The zero-order valence-corrected chi connectivity index (χ0v) is 12.3. The second-order valence-electron chi connectivity index (χ2n) is 4.46. The normalized spacial score (nSPS) is 11.6. The molecule has 0 heterocycles. The Morgan fingerprint density at radius 2 is 1.79 bits per heavy atom. The minimum Gasteiger partial charge on any atom is -0.326 e. The quantitative estimate of drug-likeness (QED) is 0.869.